The van der Waals surface area contributed by atoms with Gasteiger partial charge >= 0.3 is 5.76 Å². The minimum atomic E-state index is -0.482. The van der Waals surface area contributed by atoms with Gasteiger partial charge in [-0.3, -0.25) is 4.98 Å². The van der Waals surface area contributed by atoms with Crippen molar-refractivity contribution in [2.45, 2.75) is 52.1 Å². The zero-order valence-corrected chi connectivity index (χ0v) is 12.1. The van der Waals surface area contributed by atoms with Crippen molar-refractivity contribution in [3.63, 3.8) is 0 Å². The fourth-order valence-corrected chi connectivity index (χ4v) is 2.23. The van der Waals surface area contributed by atoms with E-state index in [0.717, 1.165) is 12.8 Å². The van der Waals surface area contributed by atoms with Crippen LogP contribution in [0.5, 0.6) is 5.75 Å². The number of anilines is 1. The number of nitrogens with one attached hydrogen (secondary N) is 1. The van der Waals surface area contributed by atoms with Gasteiger partial charge in [-0.25, -0.2) is 4.79 Å². The van der Waals surface area contributed by atoms with Crippen LogP contribution in [-0.4, -0.2) is 11.1 Å². The van der Waals surface area contributed by atoms with Crippen molar-refractivity contribution in [1.82, 2.24) is 4.98 Å². The molecule has 0 fully saturated rings. The SMILES string of the molecule is CCCCCCC(C)Oc1cc2[nH]c(=O)oc2cc1N. The van der Waals surface area contributed by atoms with Crippen LogP contribution >= 0.6 is 0 Å². The molecule has 0 saturated heterocycles. The van der Waals surface area contributed by atoms with Crippen LogP contribution < -0.4 is 16.2 Å². The normalized spacial score (nSPS) is 12.7. The summed E-state index contributed by atoms with van der Waals surface area (Å²) in [6.07, 6.45) is 5.97. The molecule has 2 aromatic rings. The molecule has 5 nitrogen and oxygen atoms in total. The van der Waals surface area contributed by atoms with Crippen LogP contribution in [0.2, 0.25) is 0 Å². The zero-order valence-electron chi connectivity index (χ0n) is 12.1. The first-order valence-electron chi connectivity index (χ1n) is 7.19. The maximum atomic E-state index is 11.1. The Morgan fingerprint density at radius 1 is 1.35 bits per heavy atom. The minimum absolute atomic E-state index is 0.102. The number of rotatable bonds is 7. The maximum Gasteiger partial charge on any atom is 0.417 e. The van der Waals surface area contributed by atoms with Crippen molar-refractivity contribution in [1.29, 1.82) is 0 Å². The van der Waals surface area contributed by atoms with E-state index < -0.39 is 5.76 Å². The fourth-order valence-electron chi connectivity index (χ4n) is 2.23. The van der Waals surface area contributed by atoms with Crippen LogP contribution in [0.25, 0.3) is 11.1 Å². The summed E-state index contributed by atoms with van der Waals surface area (Å²) in [5.74, 6) is 0.113. The third-order valence-electron chi connectivity index (χ3n) is 3.34. The number of hydrogen-bond donors (Lipinski definition) is 2. The van der Waals surface area contributed by atoms with E-state index in [9.17, 15) is 4.79 Å². The predicted molar refractivity (Wildman–Crippen MR) is 80.1 cm³/mol. The summed E-state index contributed by atoms with van der Waals surface area (Å²) in [6.45, 7) is 4.23. The zero-order chi connectivity index (χ0) is 14.5. The van der Waals surface area contributed by atoms with Crippen LogP contribution in [0.1, 0.15) is 46.0 Å². The molecule has 3 N–H and O–H groups in total. The number of unbranched alkanes of at least 4 members (excludes halogenated alkanes) is 3. The molecule has 1 aromatic carbocycles. The smallest absolute Gasteiger partial charge is 0.417 e. The van der Waals surface area contributed by atoms with Crippen LogP contribution in [0.3, 0.4) is 0 Å². The maximum absolute atomic E-state index is 11.1. The molecular weight excluding hydrogens is 256 g/mol. The highest BCUT2D eigenvalue weighted by atomic mass is 16.5. The molecule has 1 atom stereocenters. The number of benzene rings is 1. The van der Waals surface area contributed by atoms with Crippen molar-refractivity contribution >= 4 is 16.8 Å². The van der Waals surface area contributed by atoms with E-state index in [-0.39, 0.29) is 6.10 Å². The summed E-state index contributed by atoms with van der Waals surface area (Å²) < 4.78 is 10.8. The average Bonchev–Trinajstić information content (AvgIpc) is 2.74. The fraction of sp³-hybridized carbons (Fsp3) is 0.533. The first-order valence-corrected chi connectivity index (χ1v) is 7.19. The number of H-pyrrole nitrogens is 1. The molecule has 1 unspecified atom stereocenters. The Balaban J connectivity index is 2.01. The summed E-state index contributed by atoms with van der Waals surface area (Å²) >= 11 is 0. The van der Waals surface area contributed by atoms with Crippen LogP contribution in [0.4, 0.5) is 5.69 Å². The third-order valence-corrected chi connectivity index (χ3v) is 3.34. The van der Waals surface area contributed by atoms with E-state index >= 15 is 0 Å². The molecule has 2 rings (SSSR count). The van der Waals surface area contributed by atoms with Gasteiger partial charge in [-0.1, -0.05) is 26.2 Å². The number of nitrogen functional groups attached to an aromatic ring is 1. The molecule has 0 aliphatic rings. The average molecular weight is 278 g/mol. The van der Waals surface area contributed by atoms with E-state index in [0.29, 0.717) is 22.5 Å². The highest BCUT2D eigenvalue weighted by molar-refractivity contribution is 5.80. The number of fused-ring (bicyclic) bond motifs is 1. The molecule has 110 valence electrons. The van der Waals surface area contributed by atoms with E-state index in [4.69, 9.17) is 14.9 Å². The Bertz CT molecular complexity index is 615. The number of ether oxygens (including phenoxy) is 1. The lowest BCUT2D eigenvalue weighted by molar-refractivity contribution is 0.208. The lowest BCUT2D eigenvalue weighted by atomic mass is 10.1. The molecule has 0 amide bonds. The van der Waals surface area contributed by atoms with E-state index in [1.807, 2.05) is 6.92 Å². The lowest BCUT2D eigenvalue weighted by Gasteiger charge is -2.16. The summed E-state index contributed by atoms with van der Waals surface area (Å²) in [6, 6.07) is 3.34. The van der Waals surface area contributed by atoms with Crippen LogP contribution in [0.15, 0.2) is 21.3 Å². The number of oxazole rings is 1. The van der Waals surface area contributed by atoms with Gasteiger partial charge in [0.2, 0.25) is 0 Å². The van der Waals surface area contributed by atoms with Gasteiger partial charge in [0.1, 0.15) is 5.75 Å². The highest BCUT2D eigenvalue weighted by Gasteiger charge is 2.11. The number of hydrogen-bond acceptors (Lipinski definition) is 4. The van der Waals surface area contributed by atoms with Gasteiger partial charge in [-0.15, -0.1) is 0 Å². The first-order chi connectivity index (χ1) is 9.60. The second-order valence-electron chi connectivity index (χ2n) is 5.18. The second kappa shape index (κ2) is 6.50. The van der Waals surface area contributed by atoms with Gasteiger partial charge in [0.05, 0.1) is 17.3 Å². The predicted octanol–water partition coefficient (Wildman–Crippen LogP) is 3.44. The molecule has 0 spiro atoms. The quantitative estimate of drug-likeness (QED) is 0.600. The molecule has 0 bridgehead atoms. The summed E-state index contributed by atoms with van der Waals surface area (Å²) in [7, 11) is 0. The number of aromatic amines is 1. The Hall–Kier alpha value is -1.91. The topological polar surface area (TPSA) is 81.2 Å². The van der Waals surface area contributed by atoms with Gasteiger partial charge in [-0.2, -0.15) is 0 Å². The Morgan fingerprint density at radius 3 is 2.90 bits per heavy atom. The van der Waals surface area contributed by atoms with Crippen LogP contribution in [0, 0.1) is 0 Å². The standard InChI is InChI=1S/C15H22N2O3/c1-3-4-5-6-7-10(2)19-13-9-12-14(8-11(13)16)20-15(18)17-12/h8-10H,3-7,16H2,1-2H3,(H,17,18). The molecular formula is C15H22N2O3. The Labute approximate surface area is 118 Å². The lowest BCUT2D eigenvalue weighted by Crippen LogP contribution is -2.12. The van der Waals surface area contributed by atoms with Crippen molar-refractivity contribution in [2.24, 2.45) is 0 Å². The Morgan fingerprint density at radius 2 is 2.15 bits per heavy atom. The van der Waals surface area contributed by atoms with Gasteiger partial charge in [0.15, 0.2) is 5.58 Å². The molecule has 5 heteroatoms. The van der Waals surface area contributed by atoms with Gasteiger partial charge in [0, 0.05) is 12.1 Å². The van der Waals surface area contributed by atoms with Crippen molar-refractivity contribution in [2.75, 3.05) is 5.73 Å². The molecule has 1 heterocycles. The summed E-state index contributed by atoms with van der Waals surface area (Å²) in [5.41, 5.74) is 7.47. The summed E-state index contributed by atoms with van der Waals surface area (Å²) in [5, 5.41) is 0. The molecule has 1 aromatic heterocycles. The first kappa shape index (κ1) is 14.5. The summed E-state index contributed by atoms with van der Waals surface area (Å²) in [4.78, 5) is 13.7. The molecule has 0 aliphatic carbocycles. The highest BCUT2D eigenvalue weighted by Crippen LogP contribution is 2.28. The van der Waals surface area contributed by atoms with Gasteiger partial charge < -0.3 is 14.9 Å². The van der Waals surface area contributed by atoms with Crippen molar-refractivity contribution < 1.29 is 9.15 Å². The third kappa shape index (κ3) is 3.56. The van der Waals surface area contributed by atoms with E-state index in [1.165, 1.54) is 19.3 Å². The van der Waals surface area contributed by atoms with Gasteiger partial charge in [0.25, 0.3) is 0 Å². The molecule has 0 aliphatic heterocycles. The van der Waals surface area contributed by atoms with Gasteiger partial charge in [-0.05, 0) is 19.8 Å². The number of aromatic nitrogens is 1. The monoisotopic (exact) mass is 278 g/mol. The minimum Gasteiger partial charge on any atom is -0.488 e. The largest absolute Gasteiger partial charge is 0.488 e. The van der Waals surface area contributed by atoms with E-state index in [1.54, 1.807) is 12.1 Å². The number of nitrogens with two attached hydrogens (primary N) is 1. The van der Waals surface area contributed by atoms with E-state index in [2.05, 4.69) is 11.9 Å². The van der Waals surface area contributed by atoms with Crippen molar-refractivity contribution in [3.8, 4) is 5.75 Å². The second-order valence-corrected chi connectivity index (χ2v) is 5.18. The molecule has 20 heavy (non-hydrogen) atoms. The molecule has 0 radical (unpaired) electrons. The van der Waals surface area contributed by atoms with Crippen LogP contribution in [-0.2, 0) is 0 Å². The van der Waals surface area contributed by atoms with Crippen molar-refractivity contribution in [3.05, 3.63) is 22.7 Å². The Kier molecular flexibility index (Phi) is 4.71. The molecule has 0 saturated carbocycles.